The zero-order chi connectivity index (χ0) is 16.8. The summed E-state index contributed by atoms with van der Waals surface area (Å²) in [6.45, 7) is 2.03. The number of ether oxygens (including phenoxy) is 1. The van der Waals surface area contributed by atoms with Gasteiger partial charge in [-0.3, -0.25) is 4.98 Å². The van der Waals surface area contributed by atoms with Crippen LogP contribution in [0.25, 0.3) is 11.4 Å². The SMILES string of the molecule is CCOC(=O)Nn1c(Cc2ccccc2)nnc1-c1cccnc1. The number of carbonyl (C=O) groups is 1. The van der Waals surface area contributed by atoms with Crippen molar-refractivity contribution in [3.05, 3.63) is 66.2 Å². The summed E-state index contributed by atoms with van der Waals surface area (Å²) in [6.07, 6.45) is 3.31. The first-order valence-electron chi connectivity index (χ1n) is 7.60. The molecule has 1 aromatic carbocycles. The van der Waals surface area contributed by atoms with Crippen molar-refractivity contribution < 1.29 is 9.53 Å². The van der Waals surface area contributed by atoms with Crippen LogP contribution in [0.5, 0.6) is 0 Å². The molecule has 0 radical (unpaired) electrons. The second kappa shape index (κ2) is 7.36. The Morgan fingerprint density at radius 3 is 2.71 bits per heavy atom. The number of amides is 1. The van der Waals surface area contributed by atoms with Crippen molar-refractivity contribution in [1.29, 1.82) is 0 Å². The van der Waals surface area contributed by atoms with Crippen molar-refractivity contribution in [1.82, 2.24) is 19.9 Å². The van der Waals surface area contributed by atoms with Crippen LogP contribution < -0.4 is 5.43 Å². The van der Waals surface area contributed by atoms with Crippen molar-refractivity contribution in [2.75, 3.05) is 12.0 Å². The fourth-order valence-electron chi connectivity index (χ4n) is 2.26. The number of rotatable bonds is 5. The van der Waals surface area contributed by atoms with Gasteiger partial charge in [0.2, 0.25) is 0 Å². The van der Waals surface area contributed by atoms with Gasteiger partial charge in [0.15, 0.2) is 11.6 Å². The molecule has 0 unspecified atom stereocenters. The lowest BCUT2D eigenvalue weighted by Crippen LogP contribution is -2.26. The molecule has 24 heavy (non-hydrogen) atoms. The lowest BCUT2D eigenvalue weighted by atomic mass is 10.1. The van der Waals surface area contributed by atoms with Crippen LogP contribution >= 0.6 is 0 Å². The second-order valence-electron chi connectivity index (χ2n) is 5.01. The van der Waals surface area contributed by atoms with E-state index in [-0.39, 0.29) is 6.61 Å². The van der Waals surface area contributed by atoms with Crippen molar-refractivity contribution in [3.8, 4) is 11.4 Å². The minimum Gasteiger partial charge on any atom is -0.449 e. The predicted octanol–water partition coefficient (Wildman–Crippen LogP) is 2.63. The van der Waals surface area contributed by atoms with E-state index in [1.807, 2.05) is 36.4 Å². The molecular weight excluding hydrogens is 306 g/mol. The van der Waals surface area contributed by atoms with E-state index in [1.54, 1.807) is 30.1 Å². The van der Waals surface area contributed by atoms with E-state index in [1.165, 1.54) is 0 Å². The van der Waals surface area contributed by atoms with Gasteiger partial charge in [-0.2, -0.15) is 0 Å². The smallest absolute Gasteiger partial charge is 0.426 e. The number of hydrogen-bond acceptors (Lipinski definition) is 5. The molecule has 0 spiro atoms. The molecule has 0 aliphatic rings. The molecule has 3 rings (SSSR count). The normalized spacial score (nSPS) is 10.4. The zero-order valence-electron chi connectivity index (χ0n) is 13.2. The maximum absolute atomic E-state index is 11.9. The van der Waals surface area contributed by atoms with Gasteiger partial charge in [0.25, 0.3) is 0 Å². The summed E-state index contributed by atoms with van der Waals surface area (Å²) in [6, 6.07) is 13.5. The average Bonchev–Trinajstić information content (AvgIpc) is 2.99. The number of carbonyl (C=O) groups excluding carboxylic acids is 1. The second-order valence-corrected chi connectivity index (χ2v) is 5.01. The minimum absolute atomic E-state index is 0.282. The molecule has 2 aromatic heterocycles. The van der Waals surface area contributed by atoms with Crippen LogP contribution in [-0.4, -0.2) is 32.6 Å². The van der Waals surface area contributed by atoms with E-state index >= 15 is 0 Å². The monoisotopic (exact) mass is 323 g/mol. The standard InChI is InChI=1S/C17H17N5O2/c1-2-24-17(23)21-22-15(11-13-7-4-3-5-8-13)19-20-16(22)14-9-6-10-18-12-14/h3-10,12H,2,11H2,1H3,(H,21,23). The average molecular weight is 323 g/mol. The molecule has 0 saturated carbocycles. The summed E-state index contributed by atoms with van der Waals surface area (Å²) >= 11 is 0. The minimum atomic E-state index is -0.559. The fraction of sp³-hybridized carbons (Fsp3) is 0.176. The quantitative estimate of drug-likeness (QED) is 0.780. The Kier molecular flexibility index (Phi) is 4.81. The number of benzene rings is 1. The van der Waals surface area contributed by atoms with E-state index in [0.717, 1.165) is 11.1 Å². The van der Waals surface area contributed by atoms with Crippen LogP contribution in [0.2, 0.25) is 0 Å². The van der Waals surface area contributed by atoms with Gasteiger partial charge in [-0.25, -0.2) is 14.9 Å². The molecule has 0 aliphatic heterocycles. The number of nitrogens with one attached hydrogen (secondary N) is 1. The Morgan fingerprint density at radius 2 is 2.00 bits per heavy atom. The van der Waals surface area contributed by atoms with Gasteiger partial charge in [0.05, 0.1) is 6.61 Å². The third kappa shape index (κ3) is 3.57. The third-order valence-corrected chi connectivity index (χ3v) is 3.33. The third-order valence-electron chi connectivity index (χ3n) is 3.33. The molecule has 0 bridgehead atoms. The maximum atomic E-state index is 11.9. The highest BCUT2D eigenvalue weighted by Crippen LogP contribution is 2.17. The molecule has 3 aromatic rings. The number of pyridine rings is 1. The molecule has 7 heteroatoms. The lowest BCUT2D eigenvalue weighted by Gasteiger charge is -2.11. The summed E-state index contributed by atoms with van der Waals surface area (Å²) in [5.41, 5.74) is 4.50. The van der Waals surface area contributed by atoms with Crippen LogP contribution in [-0.2, 0) is 11.2 Å². The zero-order valence-corrected chi connectivity index (χ0v) is 13.2. The maximum Gasteiger partial charge on any atom is 0.426 e. The summed E-state index contributed by atoms with van der Waals surface area (Å²) < 4.78 is 6.51. The molecule has 0 atom stereocenters. The number of aromatic nitrogens is 4. The highest BCUT2D eigenvalue weighted by molar-refractivity contribution is 5.76. The number of nitrogens with zero attached hydrogens (tertiary/aromatic N) is 4. The highest BCUT2D eigenvalue weighted by Gasteiger charge is 2.17. The van der Waals surface area contributed by atoms with Crippen LogP contribution in [0.1, 0.15) is 18.3 Å². The van der Waals surface area contributed by atoms with E-state index in [0.29, 0.717) is 18.1 Å². The van der Waals surface area contributed by atoms with Crippen LogP contribution in [0.4, 0.5) is 4.79 Å². The Morgan fingerprint density at radius 1 is 1.17 bits per heavy atom. The molecule has 0 fully saturated rings. The van der Waals surface area contributed by atoms with Crippen molar-refractivity contribution in [3.63, 3.8) is 0 Å². The van der Waals surface area contributed by atoms with Crippen molar-refractivity contribution in [2.45, 2.75) is 13.3 Å². The first-order chi connectivity index (χ1) is 11.8. The van der Waals surface area contributed by atoms with Crippen molar-refractivity contribution in [2.24, 2.45) is 0 Å². The van der Waals surface area contributed by atoms with E-state index in [4.69, 9.17) is 4.74 Å². The van der Waals surface area contributed by atoms with Gasteiger partial charge in [-0.05, 0) is 24.6 Å². The molecule has 7 nitrogen and oxygen atoms in total. The first-order valence-corrected chi connectivity index (χ1v) is 7.60. The summed E-state index contributed by atoms with van der Waals surface area (Å²) in [5, 5.41) is 8.41. The molecular formula is C17H17N5O2. The molecule has 1 N–H and O–H groups in total. The van der Waals surface area contributed by atoms with Gasteiger partial charge >= 0.3 is 6.09 Å². The van der Waals surface area contributed by atoms with E-state index < -0.39 is 6.09 Å². The molecule has 1 amide bonds. The Hall–Kier alpha value is -3.22. The van der Waals surface area contributed by atoms with Gasteiger partial charge in [0.1, 0.15) is 0 Å². The topological polar surface area (TPSA) is 81.9 Å². The molecule has 0 aliphatic carbocycles. The Labute approximate surface area is 139 Å². The van der Waals surface area contributed by atoms with Crippen LogP contribution in [0.15, 0.2) is 54.9 Å². The van der Waals surface area contributed by atoms with E-state index in [9.17, 15) is 4.79 Å². The van der Waals surface area contributed by atoms with Crippen LogP contribution in [0.3, 0.4) is 0 Å². The van der Waals surface area contributed by atoms with Gasteiger partial charge in [-0.15, -0.1) is 10.2 Å². The van der Waals surface area contributed by atoms with Crippen LogP contribution in [0, 0.1) is 0 Å². The van der Waals surface area contributed by atoms with E-state index in [2.05, 4.69) is 20.6 Å². The summed E-state index contributed by atoms with van der Waals surface area (Å²) in [7, 11) is 0. The molecule has 2 heterocycles. The molecule has 122 valence electrons. The lowest BCUT2D eigenvalue weighted by molar-refractivity contribution is 0.164. The largest absolute Gasteiger partial charge is 0.449 e. The van der Waals surface area contributed by atoms with Gasteiger partial charge in [-0.1, -0.05) is 30.3 Å². The van der Waals surface area contributed by atoms with Crippen molar-refractivity contribution >= 4 is 6.09 Å². The summed E-state index contributed by atoms with van der Waals surface area (Å²) in [4.78, 5) is 16.0. The predicted molar refractivity (Wildman–Crippen MR) is 88.9 cm³/mol. The highest BCUT2D eigenvalue weighted by atomic mass is 16.6. The summed E-state index contributed by atoms with van der Waals surface area (Å²) in [5.74, 6) is 1.11. The number of hydrogen-bond donors (Lipinski definition) is 1. The Balaban J connectivity index is 1.96. The Bertz CT molecular complexity index is 802. The first kappa shape index (κ1) is 15.7. The van der Waals surface area contributed by atoms with Gasteiger partial charge in [0, 0.05) is 24.4 Å². The fourth-order valence-corrected chi connectivity index (χ4v) is 2.26. The molecule has 0 saturated heterocycles. The van der Waals surface area contributed by atoms with Gasteiger partial charge < -0.3 is 4.74 Å².